The Morgan fingerprint density at radius 1 is 1.33 bits per heavy atom. The highest BCUT2D eigenvalue weighted by atomic mass is 19.1. The van der Waals surface area contributed by atoms with Crippen molar-refractivity contribution in [1.29, 1.82) is 0 Å². The zero-order valence-electron chi connectivity index (χ0n) is 15.1. The van der Waals surface area contributed by atoms with Gasteiger partial charge < -0.3 is 20.1 Å². The van der Waals surface area contributed by atoms with Crippen molar-refractivity contribution in [2.24, 2.45) is 0 Å². The molecule has 2 N–H and O–H groups in total. The zero-order chi connectivity index (χ0) is 19.2. The molecule has 2 heterocycles. The molecule has 2 aromatic rings. The zero-order valence-corrected chi connectivity index (χ0v) is 15.1. The van der Waals surface area contributed by atoms with Crippen LogP contribution in [0.3, 0.4) is 0 Å². The number of hydrogen-bond donors (Lipinski definition) is 2. The van der Waals surface area contributed by atoms with E-state index in [4.69, 9.17) is 4.52 Å². The predicted octanol–water partition coefficient (Wildman–Crippen LogP) is 2.40. The summed E-state index contributed by atoms with van der Waals surface area (Å²) < 4.78 is 18.6. The normalized spacial score (nSPS) is 17.3. The number of likely N-dealkylation sites (tertiary alicyclic amines) is 1. The van der Waals surface area contributed by atoms with Gasteiger partial charge in [0.05, 0.1) is 12.6 Å². The summed E-state index contributed by atoms with van der Waals surface area (Å²) in [4.78, 5) is 29.8. The van der Waals surface area contributed by atoms with Crippen LogP contribution in [0.15, 0.2) is 28.8 Å². The van der Waals surface area contributed by atoms with Gasteiger partial charge in [-0.15, -0.1) is 0 Å². The topological polar surface area (TPSA) is 100 Å². The Labute approximate surface area is 156 Å². The predicted molar refractivity (Wildman–Crippen MR) is 94.2 cm³/mol. The second-order valence-corrected chi connectivity index (χ2v) is 6.36. The first-order valence-electron chi connectivity index (χ1n) is 8.93. The molecule has 1 unspecified atom stereocenters. The molecule has 9 heteroatoms. The van der Waals surface area contributed by atoms with Crippen LogP contribution in [0.5, 0.6) is 0 Å². The van der Waals surface area contributed by atoms with Crippen LogP contribution < -0.4 is 10.6 Å². The van der Waals surface area contributed by atoms with Crippen LogP contribution in [-0.2, 0) is 6.54 Å². The number of nitrogens with one attached hydrogen (secondary N) is 2. The summed E-state index contributed by atoms with van der Waals surface area (Å²) in [5.41, 5.74) is 0.784. The molecular weight excluding hydrogens is 353 g/mol. The van der Waals surface area contributed by atoms with E-state index >= 15 is 0 Å². The van der Waals surface area contributed by atoms with E-state index in [0.29, 0.717) is 6.54 Å². The molecule has 0 spiro atoms. The second-order valence-electron chi connectivity index (χ2n) is 6.36. The van der Waals surface area contributed by atoms with Crippen LogP contribution in [0.2, 0.25) is 0 Å². The lowest BCUT2D eigenvalue weighted by Gasteiger charge is -2.30. The Kier molecular flexibility index (Phi) is 6.00. The number of carbonyl (C=O) groups is 2. The smallest absolute Gasteiger partial charge is 0.318 e. The van der Waals surface area contributed by atoms with Gasteiger partial charge in [-0.05, 0) is 30.5 Å². The van der Waals surface area contributed by atoms with Crippen LogP contribution in [-0.4, -0.2) is 40.6 Å². The summed E-state index contributed by atoms with van der Waals surface area (Å²) in [6.07, 6.45) is 3.66. The number of nitrogens with zero attached hydrogens (tertiary/aromatic N) is 3. The molecule has 1 saturated heterocycles. The van der Waals surface area contributed by atoms with E-state index < -0.39 is 5.91 Å². The Hall–Kier alpha value is -2.97. The summed E-state index contributed by atoms with van der Waals surface area (Å²) >= 11 is 0. The lowest BCUT2D eigenvalue weighted by Crippen LogP contribution is -2.42. The standard InChI is InChI=1S/C18H22FN5O3/c1-20-17(25)16-22-15(27-23-16)11-21-18(26)24-9-4-2-3-8-14(24)12-6-5-7-13(19)10-12/h5-7,10,14H,2-4,8-9,11H2,1H3,(H,20,25)(H,21,26). The number of halogens is 1. The minimum Gasteiger partial charge on any atom is -0.352 e. The van der Waals surface area contributed by atoms with Gasteiger partial charge in [-0.3, -0.25) is 4.79 Å². The number of carbonyl (C=O) groups excluding carboxylic acids is 2. The van der Waals surface area contributed by atoms with Crippen molar-refractivity contribution in [3.05, 3.63) is 47.4 Å². The maximum absolute atomic E-state index is 13.6. The Morgan fingerprint density at radius 3 is 2.96 bits per heavy atom. The molecule has 0 bridgehead atoms. The highest BCUT2D eigenvalue weighted by molar-refractivity contribution is 5.89. The lowest BCUT2D eigenvalue weighted by atomic mass is 10.0. The van der Waals surface area contributed by atoms with Gasteiger partial charge in [-0.2, -0.15) is 4.98 Å². The summed E-state index contributed by atoms with van der Waals surface area (Å²) in [6, 6.07) is 5.89. The third-order valence-electron chi connectivity index (χ3n) is 4.54. The maximum atomic E-state index is 13.6. The van der Waals surface area contributed by atoms with Gasteiger partial charge in [0.15, 0.2) is 0 Å². The van der Waals surface area contributed by atoms with Gasteiger partial charge in [0.2, 0.25) is 5.89 Å². The van der Waals surface area contributed by atoms with Crippen LogP contribution in [0.1, 0.15) is 53.8 Å². The average molecular weight is 375 g/mol. The molecule has 1 atom stereocenters. The third-order valence-corrected chi connectivity index (χ3v) is 4.54. The maximum Gasteiger partial charge on any atom is 0.318 e. The molecule has 27 heavy (non-hydrogen) atoms. The molecule has 144 valence electrons. The number of urea groups is 1. The summed E-state index contributed by atoms with van der Waals surface area (Å²) in [5.74, 6) is -0.729. The number of rotatable bonds is 4. The van der Waals surface area contributed by atoms with Gasteiger partial charge in [0, 0.05) is 13.6 Å². The fourth-order valence-corrected chi connectivity index (χ4v) is 3.20. The molecule has 3 rings (SSSR count). The minimum atomic E-state index is -0.463. The van der Waals surface area contributed by atoms with Crippen molar-refractivity contribution >= 4 is 11.9 Å². The van der Waals surface area contributed by atoms with Crippen LogP contribution in [0.25, 0.3) is 0 Å². The molecule has 0 aliphatic carbocycles. The van der Waals surface area contributed by atoms with E-state index in [1.165, 1.54) is 19.2 Å². The minimum absolute atomic E-state index is 0.00913. The summed E-state index contributed by atoms with van der Waals surface area (Å²) in [5, 5.41) is 8.70. The van der Waals surface area contributed by atoms with Gasteiger partial charge in [0.25, 0.3) is 11.7 Å². The van der Waals surface area contributed by atoms with Crippen LogP contribution in [0.4, 0.5) is 9.18 Å². The number of benzene rings is 1. The van der Waals surface area contributed by atoms with E-state index in [2.05, 4.69) is 20.8 Å². The molecule has 0 radical (unpaired) electrons. The molecule has 1 aromatic carbocycles. The van der Waals surface area contributed by atoms with E-state index in [1.807, 2.05) is 6.07 Å². The van der Waals surface area contributed by atoms with Crippen molar-refractivity contribution in [2.45, 2.75) is 38.3 Å². The first kappa shape index (κ1) is 18.8. The SMILES string of the molecule is CNC(=O)c1noc(CNC(=O)N2CCCCCC2c2cccc(F)c2)n1. The molecule has 1 aliphatic heterocycles. The van der Waals surface area contributed by atoms with Gasteiger partial charge in [0.1, 0.15) is 5.82 Å². The van der Waals surface area contributed by atoms with Crippen LogP contribution >= 0.6 is 0 Å². The van der Waals surface area contributed by atoms with Gasteiger partial charge in [-0.1, -0.05) is 30.1 Å². The molecule has 8 nitrogen and oxygen atoms in total. The van der Waals surface area contributed by atoms with Crippen molar-refractivity contribution in [2.75, 3.05) is 13.6 Å². The fourth-order valence-electron chi connectivity index (χ4n) is 3.20. The van der Waals surface area contributed by atoms with Crippen LogP contribution in [0, 0.1) is 5.82 Å². The number of hydrogen-bond acceptors (Lipinski definition) is 5. The van der Waals surface area contributed by atoms with E-state index in [1.54, 1.807) is 11.0 Å². The highest BCUT2D eigenvalue weighted by Gasteiger charge is 2.27. The van der Waals surface area contributed by atoms with E-state index in [0.717, 1.165) is 31.2 Å². The van der Waals surface area contributed by atoms with Crippen molar-refractivity contribution in [3.63, 3.8) is 0 Å². The first-order valence-corrected chi connectivity index (χ1v) is 8.93. The monoisotopic (exact) mass is 375 g/mol. The number of aromatic nitrogens is 2. The third kappa shape index (κ3) is 4.60. The molecule has 1 aliphatic rings. The van der Waals surface area contributed by atoms with Crippen molar-refractivity contribution in [1.82, 2.24) is 25.7 Å². The lowest BCUT2D eigenvalue weighted by molar-refractivity contribution is 0.0949. The van der Waals surface area contributed by atoms with E-state index in [-0.39, 0.29) is 36.2 Å². The molecule has 0 saturated carbocycles. The largest absolute Gasteiger partial charge is 0.352 e. The summed E-state index contributed by atoms with van der Waals surface area (Å²) in [7, 11) is 1.46. The molecular formula is C18H22FN5O3. The molecule has 3 amide bonds. The quantitative estimate of drug-likeness (QED) is 0.855. The molecule has 1 aromatic heterocycles. The Morgan fingerprint density at radius 2 is 2.19 bits per heavy atom. The highest BCUT2D eigenvalue weighted by Crippen LogP contribution is 2.30. The van der Waals surface area contributed by atoms with Gasteiger partial charge in [-0.25, -0.2) is 9.18 Å². The van der Waals surface area contributed by atoms with Gasteiger partial charge >= 0.3 is 6.03 Å². The Balaban J connectivity index is 1.68. The second kappa shape index (κ2) is 8.61. The Bertz CT molecular complexity index is 810. The van der Waals surface area contributed by atoms with Crippen molar-refractivity contribution in [3.8, 4) is 0 Å². The first-order chi connectivity index (χ1) is 13.1. The average Bonchev–Trinajstić information content (AvgIpc) is 3.01. The summed E-state index contributed by atoms with van der Waals surface area (Å²) in [6.45, 7) is 0.593. The van der Waals surface area contributed by atoms with Crippen molar-refractivity contribution < 1.29 is 18.5 Å². The van der Waals surface area contributed by atoms with E-state index in [9.17, 15) is 14.0 Å². The number of amides is 3. The fraction of sp³-hybridized carbons (Fsp3) is 0.444. The molecule has 1 fully saturated rings.